The summed E-state index contributed by atoms with van der Waals surface area (Å²) in [6, 6.07) is 5.94. The summed E-state index contributed by atoms with van der Waals surface area (Å²) >= 11 is 1.67. The lowest BCUT2D eigenvalue weighted by Crippen LogP contribution is -2.48. The minimum atomic E-state index is 0.170. The van der Waals surface area contributed by atoms with Crippen LogP contribution in [0.25, 0.3) is 0 Å². The van der Waals surface area contributed by atoms with Crippen LogP contribution >= 0.6 is 11.3 Å². The second-order valence-corrected chi connectivity index (χ2v) is 6.30. The average Bonchev–Trinajstić information content (AvgIpc) is 3.18. The predicted octanol–water partition coefficient (Wildman–Crippen LogP) is 2.86. The van der Waals surface area contributed by atoms with Gasteiger partial charge in [0.15, 0.2) is 0 Å². The van der Waals surface area contributed by atoms with Gasteiger partial charge in [-0.05, 0) is 24.6 Å². The molecule has 4 nitrogen and oxygen atoms in total. The number of rotatable bonds is 4. The standard InChI is InChI=1S/C16H20N2O2S/c1-2-15-10-13(12-21-15)16(19)18-7-5-17(6-8-18)11-14-4-3-9-20-14/h3-4,9-10,12H,2,5-8,11H2,1H3. The highest BCUT2D eigenvalue weighted by Gasteiger charge is 2.23. The van der Waals surface area contributed by atoms with E-state index in [0.717, 1.165) is 50.5 Å². The summed E-state index contributed by atoms with van der Waals surface area (Å²) in [5.41, 5.74) is 0.844. The van der Waals surface area contributed by atoms with Gasteiger partial charge in [0.1, 0.15) is 5.76 Å². The van der Waals surface area contributed by atoms with Gasteiger partial charge in [0.2, 0.25) is 0 Å². The van der Waals surface area contributed by atoms with Gasteiger partial charge in [-0.3, -0.25) is 9.69 Å². The molecule has 0 radical (unpaired) electrons. The van der Waals surface area contributed by atoms with E-state index in [2.05, 4.69) is 11.8 Å². The minimum Gasteiger partial charge on any atom is -0.468 e. The molecule has 0 atom stereocenters. The molecule has 0 bridgehead atoms. The number of carbonyl (C=O) groups excluding carboxylic acids is 1. The molecule has 0 spiro atoms. The Balaban J connectivity index is 1.54. The van der Waals surface area contributed by atoms with Crippen LogP contribution in [-0.4, -0.2) is 41.9 Å². The summed E-state index contributed by atoms with van der Waals surface area (Å²) in [5.74, 6) is 1.16. The van der Waals surface area contributed by atoms with Crippen LogP contribution in [0.3, 0.4) is 0 Å². The molecule has 1 saturated heterocycles. The molecule has 0 aromatic carbocycles. The van der Waals surface area contributed by atoms with Crippen molar-refractivity contribution < 1.29 is 9.21 Å². The van der Waals surface area contributed by atoms with Gasteiger partial charge in [-0.25, -0.2) is 0 Å². The number of hydrogen-bond acceptors (Lipinski definition) is 4. The van der Waals surface area contributed by atoms with E-state index in [0.29, 0.717) is 0 Å². The Hall–Kier alpha value is -1.59. The van der Waals surface area contributed by atoms with Crippen LogP contribution in [0, 0.1) is 0 Å². The molecule has 2 aromatic rings. The topological polar surface area (TPSA) is 36.7 Å². The number of amides is 1. The molecule has 1 aliphatic heterocycles. The number of aryl methyl sites for hydroxylation is 1. The van der Waals surface area contributed by atoms with Gasteiger partial charge in [0.25, 0.3) is 5.91 Å². The molecule has 3 rings (SSSR count). The monoisotopic (exact) mass is 304 g/mol. The van der Waals surface area contributed by atoms with E-state index in [1.165, 1.54) is 4.88 Å². The summed E-state index contributed by atoms with van der Waals surface area (Å²) in [7, 11) is 0. The highest BCUT2D eigenvalue weighted by molar-refractivity contribution is 7.10. The number of carbonyl (C=O) groups is 1. The lowest BCUT2D eigenvalue weighted by Gasteiger charge is -2.34. The third kappa shape index (κ3) is 3.36. The van der Waals surface area contributed by atoms with Crippen LogP contribution in [0.1, 0.15) is 27.9 Å². The fourth-order valence-corrected chi connectivity index (χ4v) is 3.40. The molecule has 3 heterocycles. The summed E-state index contributed by atoms with van der Waals surface area (Å²) in [6.07, 6.45) is 2.70. The highest BCUT2D eigenvalue weighted by atomic mass is 32.1. The molecule has 0 saturated carbocycles. The first kappa shape index (κ1) is 14.4. The molecule has 112 valence electrons. The smallest absolute Gasteiger partial charge is 0.254 e. The van der Waals surface area contributed by atoms with Crippen LogP contribution in [-0.2, 0) is 13.0 Å². The van der Waals surface area contributed by atoms with Crippen LogP contribution in [0.5, 0.6) is 0 Å². The van der Waals surface area contributed by atoms with E-state index < -0.39 is 0 Å². The largest absolute Gasteiger partial charge is 0.468 e. The van der Waals surface area contributed by atoms with Gasteiger partial charge in [-0.1, -0.05) is 6.92 Å². The molecular weight excluding hydrogens is 284 g/mol. The Kier molecular flexibility index (Phi) is 4.41. The molecule has 21 heavy (non-hydrogen) atoms. The van der Waals surface area contributed by atoms with Crippen LogP contribution in [0.15, 0.2) is 34.3 Å². The Morgan fingerprint density at radius 1 is 1.33 bits per heavy atom. The Bertz CT molecular complexity index is 583. The zero-order valence-corrected chi connectivity index (χ0v) is 13.1. The zero-order valence-electron chi connectivity index (χ0n) is 12.2. The highest BCUT2D eigenvalue weighted by Crippen LogP contribution is 2.18. The number of nitrogens with zero attached hydrogens (tertiary/aromatic N) is 2. The predicted molar refractivity (Wildman–Crippen MR) is 83.6 cm³/mol. The summed E-state index contributed by atoms with van der Waals surface area (Å²) in [5, 5.41) is 1.98. The zero-order chi connectivity index (χ0) is 14.7. The molecule has 0 N–H and O–H groups in total. The number of piperazine rings is 1. The van der Waals surface area contributed by atoms with E-state index in [1.54, 1.807) is 17.6 Å². The molecule has 1 fully saturated rings. The van der Waals surface area contributed by atoms with Crippen molar-refractivity contribution in [2.75, 3.05) is 26.2 Å². The first-order valence-electron chi connectivity index (χ1n) is 7.37. The third-order valence-electron chi connectivity index (χ3n) is 3.87. The van der Waals surface area contributed by atoms with E-state index >= 15 is 0 Å². The van der Waals surface area contributed by atoms with Gasteiger partial charge in [0, 0.05) is 36.4 Å². The second-order valence-electron chi connectivity index (χ2n) is 5.30. The van der Waals surface area contributed by atoms with E-state index in [-0.39, 0.29) is 5.91 Å². The average molecular weight is 304 g/mol. The van der Waals surface area contributed by atoms with Crippen molar-refractivity contribution in [1.82, 2.24) is 9.80 Å². The Morgan fingerprint density at radius 3 is 2.76 bits per heavy atom. The van der Waals surface area contributed by atoms with Gasteiger partial charge in [0.05, 0.1) is 18.4 Å². The maximum absolute atomic E-state index is 12.4. The van der Waals surface area contributed by atoms with Crippen LogP contribution < -0.4 is 0 Å². The normalized spacial score (nSPS) is 16.3. The Labute approximate surface area is 129 Å². The van der Waals surface area contributed by atoms with Crippen LogP contribution in [0.2, 0.25) is 0 Å². The van der Waals surface area contributed by atoms with E-state index in [9.17, 15) is 4.79 Å². The van der Waals surface area contributed by atoms with Crippen molar-refractivity contribution in [3.05, 3.63) is 46.0 Å². The number of thiophene rings is 1. The molecule has 5 heteroatoms. The molecule has 1 amide bonds. The fourth-order valence-electron chi connectivity index (χ4n) is 2.59. The number of furan rings is 1. The van der Waals surface area contributed by atoms with E-state index in [1.807, 2.05) is 28.5 Å². The van der Waals surface area contributed by atoms with Crippen molar-refractivity contribution >= 4 is 17.2 Å². The lowest BCUT2D eigenvalue weighted by molar-refractivity contribution is 0.0621. The van der Waals surface area contributed by atoms with E-state index in [4.69, 9.17) is 4.42 Å². The van der Waals surface area contributed by atoms with Crippen molar-refractivity contribution in [2.45, 2.75) is 19.9 Å². The van der Waals surface area contributed by atoms with Gasteiger partial charge >= 0.3 is 0 Å². The van der Waals surface area contributed by atoms with Gasteiger partial charge in [-0.2, -0.15) is 0 Å². The summed E-state index contributed by atoms with van der Waals surface area (Å²) in [4.78, 5) is 18.0. The van der Waals surface area contributed by atoms with Crippen LogP contribution in [0.4, 0.5) is 0 Å². The van der Waals surface area contributed by atoms with Crippen molar-refractivity contribution in [3.8, 4) is 0 Å². The molecule has 0 aliphatic carbocycles. The minimum absolute atomic E-state index is 0.170. The summed E-state index contributed by atoms with van der Waals surface area (Å²) in [6.45, 7) is 6.32. The van der Waals surface area contributed by atoms with Gasteiger partial charge in [-0.15, -0.1) is 11.3 Å². The molecule has 1 aliphatic rings. The molecule has 0 unspecified atom stereocenters. The number of hydrogen-bond donors (Lipinski definition) is 0. The second kappa shape index (κ2) is 6.45. The van der Waals surface area contributed by atoms with Crippen molar-refractivity contribution in [2.24, 2.45) is 0 Å². The summed E-state index contributed by atoms with van der Waals surface area (Å²) < 4.78 is 5.37. The fraction of sp³-hybridized carbons (Fsp3) is 0.438. The quantitative estimate of drug-likeness (QED) is 0.871. The van der Waals surface area contributed by atoms with Crippen molar-refractivity contribution in [3.63, 3.8) is 0 Å². The molecular formula is C16H20N2O2S. The van der Waals surface area contributed by atoms with Gasteiger partial charge < -0.3 is 9.32 Å². The molecule has 2 aromatic heterocycles. The lowest BCUT2D eigenvalue weighted by atomic mass is 10.2. The maximum atomic E-state index is 12.4. The first-order valence-corrected chi connectivity index (χ1v) is 8.25. The Morgan fingerprint density at radius 2 is 2.14 bits per heavy atom. The van der Waals surface area contributed by atoms with Crippen molar-refractivity contribution in [1.29, 1.82) is 0 Å². The third-order valence-corrected chi connectivity index (χ3v) is 4.95. The SMILES string of the molecule is CCc1cc(C(=O)N2CCN(Cc3ccco3)CC2)cs1. The maximum Gasteiger partial charge on any atom is 0.254 e. The first-order chi connectivity index (χ1) is 10.3.